The number of carbonyl (C=O) groups is 1. The fraction of sp³-hybridized carbons (Fsp3) is 0.0714. The maximum atomic E-state index is 13.5. The number of anilines is 2. The number of hydrogen-bond donors (Lipinski definition) is 3. The molecule has 0 heterocycles. The fourth-order valence-electron chi connectivity index (χ4n) is 3.97. The van der Waals surface area contributed by atoms with Crippen LogP contribution < -0.4 is 15.4 Å². The number of nitrogens with two attached hydrogens (primary N) is 1. The van der Waals surface area contributed by atoms with E-state index in [1.807, 2.05) is 84.9 Å². The highest BCUT2D eigenvalue weighted by atomic mass is 32.2. The molecule has 182 valence electrons. The van der Waals surface area contributed by atoms with E-state index in [9.17, 15) is 13.6 Å². The molecule has 0 bridgehead atoms. The van der Waals surface area contributed by atoms with E-state index in [1.165, 1.54) is 0 Å². The van der Waals surface area contributed by atoms with Crippen LogP contribution in [0.25, 0.3) is 11.1 Å². The Morgan fingerprint density at radius 1 is 0.889 bits per heavy atom. The van der Waals surface area contributed by atoms with Gasteiger partial charge in [-0.2, -0.15) is 0 Å². The van der Waals surface area contributed by atoms with Gasteiger partial charge in [-0.3, -0.25) is 14.4 Å². The number of nitrogens with zero attached hydrogens (tertiary/aromatic N) is 1. The number of carbonyl (C=O) groups excluding carboxylic acids is 1. The van der Waals surface area contributed by atoms with Gasteiger partial charge in [0.15, 0.2) is 0 Å². The normalized spacial score (nSPS) is 11.5. The molecule has 4 rings (SSSR count). The van der Waals surface area contributed by atoms with E-state index >= 15 is 0 Å². The molecular weight excluding hydrogens is 472 g/mol. The van der Waals surface area contributed by atoms with Crippen molar-refractivity contribution in [2.75, 3.05) is 9.62 Å². The second-order valence-corrected chi connectivity index (χ2v) is 8.86. The summed E-state index contributed by atoms with van der Waals surface area (Å²) in [6, 6.07) is 31.3. The molecule has 0 radical (unpaired) electrons. The second kappa shape index (κ2) is 11.4. The van der Waals surface area contributed by atoms with Crippen LogP contribution in [-0.4, -0.2) is 20.5 Å². The van der Waals surface area contributed by atoms with E-state index in [-0.39, 0.29) is 18.2 Å². The summed E-state index contributed by atoms with van der Waals surface area (Å²) >= 11 is -2.52. The van der Waals surface area contributed by atoms with Gasteiger partial charge in [0, 0.05) is 28.1 Å². The molecule has 4 N–H and O–H groups in total. The Morgan fingerprint density at radius 2 is 1.58 bits per heavy atom. The summed E-state index contributed by atoms with van der Waals surface area (Å²) in [5.41, 5.74) is 10.5. The summed E-state index contributed by atoms with van der Waals surface area (Å²) < 4.78 is 25.4. The summed E-state index contributed by atoms with van der Waals surface area (Å²) in [5, 5.41) is 7.71. The van der Waals surface area contributed by atoms with Crippen LogP contribution >= 0.6 is 0 Å². The van der Waals surface area contributed by atoms with E-state index in [2.05, 4.69) is 4.72 Å². The summed E-state index contributed by atoms with van der Waals surface area (Å²) in [7, 11) is 0. The van der Waals surface area contributed by atoms with E-state index in [1.54, 1.807) is 23.1 Å². The van der Waals surface area contributed by atoms with Crippen molar-refractivity contribution >= 4 is 34.4 Å². The van der Waals surface area contributed by atoms with Gasteiger partial charge in [-0.05, 0) is 41.0 Å². The smallest absolute Gasteiger partial charge is 0.231 e. The predicted octanol–water partition coefficient (Wildman–Crippen LogP) is 4.62. The molecule has 0 aliphatic carbocycles. The minimum absolute atomic E-state index is 0.0382. The number of nitrogens with one attached hydrogen (secondary N) is 2. The SMILES string of the molecule is N=C(N)c1cccc(CN(C(=O)Cc2ccc(-c3ccccc3)c(NS(=O)[O-])c2)c2ccccc2)c1. The molecule has 0 spiro atoms. The maximum absolute atomic E-state index is 13.5. The third-order valence-corrected chi connectivity index (χ3v) is 6.05. The van der Waals surface area contributed by atoms with Crippen molar-refractivity contribution in [3.8, 4) is 11.1 Å². The Hall–Kier alpha value is -4.27. The van der Waals surface area contributed by atoms with Gasteiger partial charge in [0.05, 0.1) is 18.7 Å². The average molecular weight is 498 g/mol. The molecule has 7 nitrogen and oxygen atoms in total. The topological polar surface area (TPSA) is 122 Å². The van der Waals surface area contributed by atoms with Crippen molar-refractivity contribution in [2.45, 2.75) is 13.0 Å². The molecule has 1 atom stereocenters. The predicted molar refractivity (Wildman–Crippen MR) is 143 cm³/mol. The van der Waals surface area contributed by atoms with E-state index < -0.39 is 11.3 Å². The van der Waals surface area contributed by atoms with Gasteiger partial charge in [-0.1, -0.05) is 78.9 Å². The largest absolute Gasteiger partial charge is 0.755 e. The van der Waals surface area contributed by atoms with Crippen molar-refractivity contribution in [3.63, 3.8) is 0 Å². The molecule has 36 heavy (non-hydrogen) atoms. The van der Waals surface area contributed by atoms with Gasteiger partial charge >= 0.3 is 0 Å². The Labute approximate surface area is 212 Å². The number of rotatable bonds is 9. The van der Waals surface area contributed by atoms with Gasteiger partial charge in [0.1, 0.15) is 5.84 Å². The van der Waals surface area contributed by atoms with Crippen LogP contribution in [0.2, 0.25) is 0 Å². The Morgan fingerprint density at radius 3 is 2.25 bits per heavy atom. The van der Waals surface area contributed by atoms with Crippen molar-refractivity contribution in [1.29, 1.82) is 5.41 Å². The first-order valence-corrected chi connectivity index (χ1v) is 12.3. The Kier molecular flexibility index (Phi) is 7.89. The monoisotopic (exact) mass is 497 g/mol. The second-order valence-electron chi connectivity index (χ2n) is 8.19. The molecule has 0 saturated heterocycles. The average Bonchev–Trinajstić information content (AvgIpc) is 2.88. The Bertz CT molecular complexity index is 1390. The van der Waals surface area contributed by atoms with Crippen LogP contribution in [0.5, 0.6) is 0 Å². The van der Waals surface area contributed by atoms with Crippen molar-refractivity contribution < 1.29 is 13.6 Å². The van der Waals surface area contributed by atoms with Gasteiger partial charge in [-0.25, -0.2) is 0 Å². The summed E-state index contributed by atoms with van der Waals surface area (Å²) in [5.74, 6) is -0.195. The van der Waals surface area contributed by atoms with Crippen LogP contribution in [0.4, 0.5) is 11.4 Å². The molecule has 4 aromatic rings. The van der Waals surface area contributed by atoms with Gasteiger partial charge < -0.3 is 19.9 Å². The summed E-state index contributed by atoms with van der Waals surface area (Å²) in [4.78, 5) is 15.2. The van der Waals surface area contributed by atoms with E-state index in [4.69, 9.17) is 11.1 Å². The number of para-hydroxylation sites is 1. The number of amides is 1. The van der Waals surface area contributed by atoms with Gasteiger partial charge in [0.2, 0.25) is 5.91 Å². The third-order valence-electron chi connectivity index (χ3n) is 5.67. The van der Waals surface area contributed by atoms with Crippen molar-refractivity contribution in [3.05, 3.63) is 120 Å². The molecule has 1 unspecified atom stereocenters. The zero-order chi connectivity index (χ0) is 25.5. The highest BCUT2D eigenvalue weighted by Crippen LogP contribution is 2.30. The van der Waals surface area contributed by atoms with Gasteiger partial charge in [0.25, 0.3) is 0 Å². The molecule has 0 aliphatic rings. The standard InChI is InChI=1S/C28H26N4O3S/c29-28(30)23-11-7-8-21(16-23)19-32(24-12-5-2-6-13-24)27(33)18-20-14-15-25(22-9-3-1-4-10-22)26(17-20)31-36(34)35/h1-17,31H,18-19H2,(H3,29,30)(H,34,35)/p-1. The lowest BCUT2D eigenvalue weighted by atomic mass is 10.00. The molecule has 4 aromatic carbocycles. The molecule has 0 aromatic heterocycles. The number of hydrogen-bond acceptors (Lipinski definition) is 4. The van der Waals surface area contributed by atoms with Crippen LogP contribution in [0.1, 0.15) is 16.7 Å². The lowest BCUT2D eigenvalue weighted by Gasteiger charge is -2.24. The zero-order valence-electron chi connectivity index (χ0n) is 19.4. The molecule has 0 aliphatic heterocycles. The molecular formula is C28H25N4O3S-. The molecule has 1 amide bonds. The van der Waals surface area contributed by atoms with E-state index in [0.717, 1.165) is 22.4 Å². The number of benzene rings is 4. The summed E-state index contributed by atoms with van der Waals surface area (Å²) in [6.07, 6.45) is 0.0660. The van der Waals surface area contributed by atoms with Crippen molar-refractivity contribution in [1.82, 2.24) is 0 Å². The van der Waals surface area contributed by atoms with Crippen LogP contribution in [0.15, 0.2) is 103 Å². The highest BCUT2D eigenvalue weighted by molar-refractivity contribution is 7.80. The lowest BCUT2D eigenvalue weighted by Crippen LogP contribution is -2.32. The first kappa shape index (κ1) is 24.8. The summed E-state index contributed by atoms with van der Waals surface area (Å²) in [6.45, 7) is 0.293. The highest BCUT2D eigenvalue weighted by Gasteiger charge is 2.18. The van der Waals surface area contributed by atoms with Crippen LogP contribution in [-0.2, 0) is 29.0 Å². The molecule has 0 fully saturated rings. The number of nitrogen functional groups attached to an aromatic ring is 1. The first-order valence-electron chi connectivity index (χ1n) is 11.2. The van der Waals surface area contributed by atoms with Crippen LogP contribution in [0, 0.1) is 5.41 Å². The Balaban J connectivity index is 1.64. The lowest BCUT2D eigenvalue weighted by molar-refractivity contribution is -0.118. The minimum Gasteiger partial charge on any atom is -0.755 e. The number of amidine groups is 1. The fourth-order valence-corrected chi connectivity index (χ4v) is 4.31. The maximum Gasteiger partial charge on any atom is 0.231 e. The first-order chi connectivity index (χ1) is 17.4. The quantitative estimate of drug-likeness (QED) is 0.177. The van der Waals surface area contributed by atoms with Crippen LogP contribution in [0.3, 0.4) is 0 Å². The van der Waals surface area contributed by atoms with Crippen molar-refractivity contribution in [2.24, 2.45) is 5.73 Å². The van der Waals surface area contributed by atoms with Gasteiger partial charge in [-0.15, -0.1) is 0 Å². The zero-order valence-corrected chi connectivity index (χ0v) is 20.2. The molecule has 0 saturated carbocycles. The van der Waals surface area contributed by atoms with E-state index in [0.29, 0.717) is 23.4 Å². The minimum atomic E-state index is -2.52. The molecule has 8 heteroatoms. The third kappa shape index (κ3) is 6.24.